The van der Waals surface area contributed by atoms with Gasteiger partial charge in [0.25, 0.3) is 0 Å². The maximum atomic E-state index is 5.83. The Morgan fingerprint density at radius 3 is 2.43 bits per heavy atom. The summed E-state index contributed by atoms with van der Waals surface area (Å²) in [5, 5.41) is 3.37. The van der Waals surface area contributed by atoms with Gasteiger partial charge in [-0.1, -0.05) is 19.1 Å². The van der Waals surface area contributed by atoms with Crippen molar-refractivity contribution in [2.75, 3.05) is 18.5 Å². The molecule has 1 atom stereocenters. The quantitative estimate of drug-likeness (QED) is 0.698. The first kappa shape index (κ1) is 17.2. The van der Waals surface area contributed by atoms with Crippen LogP contribution in [0.4, 0.5) is 5.69 Å². The lowest BCUT2D eigenvalue weighted by molar-refractivity contribution is 0.217. The summed E-state index contributed by atoms with van der Waals surface area (Å²) in [6, 6.07) is 14.3. The number of anilines is 1. The molecule has 0 amide bonds. The van der Waals surface area contributed by atoms with Crippen molar-refractivity contribution >= 4 is 5.69 Å². The third kappa shape index (κ3) is 5.85. The third-order valence-corrected chi connectivity index (χ3v) is 3.64. The van der Waals surface area contributed by atoms with Gasteiger partial charge in [-0.05, 0) is 62.6 Å². The lowest BCUT2D eigenvalue weighted by atomic mass is 10.1. The first-order chi connectivity index (χ1) is 11.1. The van der Waals surface area contributed by atoms with E-state index in [1.165, 1.54) is 11.1 Å². The van der Waals surface area contributed by atoms with E-state index in [1.54, 1.807) is 0 Å². The molecule has 0 radical (unpaired) electrons. The van der Waals surface area contributed by atoms with E-state index in [9.17, 15) is 0 Å². The van der Waals surface area contributed by atoms with Gasteiger partial charge in [-0.25, -0.2) is 0 Å². The number of ether oxygens (including phenoxy) is 2. The van der Waals surface area contributed by atoms with Gasteiger partial charge >= 0.3 is 0 Å². The Morgan fingerprint density at radius 2 is 1.74 bits per heavy atom. The van der Waals surface area contributed by atoms with Gasteiger partial charge in [0.2, 0.25) is 0 Å². The molecule has 0 saturated carbocycles. The Bertz CT molecular complexity index is 605. The molecule has 0 aliphatic carbocycles. The topological polar surface area (TPSA) is 30.5 Å². The molecule has 0 aromatic heterocycles. The Kier molecular flexibility index (Phi) is 6.33. The zero-order valence-corrected chi connectivity index (χ0v) is 14.6. The van der Waals surface area contributed by atoms with Crippen molar-refractivity contribution in [1.82, 2.24) is 0 Å². The summed E-state index contributed by atoms with van der Waals surface area (Å²) in [6.45, 7) is 9.75. The van der Waals surface area contributed by atoms with Gasteiger partial charge in [-0.2, -0.15) is 0 Å². The van der Waals surface area contributed by atoms with Crippen LogP contribution in [0.25, 0.3) is 0 Å². The van der Waals surface area contributed by atoms with Gasteiger partial charge in [-0.15, -0.1) is 0 Å². The summed E-state index contributed by atoms with van der Waals surface area (Å²) >= 11 is 0. The zero-order valence-electron chi connectivity index (χ0n) is 14.6. The number of hydrogen-bond acceptors (Lipinski definition) is 3. The lowest BCUT2D eigenvalue weighted by Gasteiger charge is -2.14. The van der Waals surface area contributed by atoms with Gasteiger partial charge in [0.15, 0.2) is 0 Å². The summed E-state index contributed by atoms with van der Waals surface area (Å²) in [5.74, 6) is 1.83. The Morgan fingerprint density at radius 1 is 1.00 bits per heavy atom. The van der Waals surface area contributed by atoms with Crippen LogP contribution in [0.15, 0.2) is 42.5 Å². The predicted octanol–water partition coefficient (Wildman–Crippen LogP) is 4.97. The van der Waals surface area contributed by atoms with Crippen LogP contribution < -0.4 is 14.8 Å². The third-order valence-electron chi connectivity index (χ3n) is 3.64. The summed E-state index contributed by atoms with van der Waals surface area (Å²) in [4.78, 5) is 0. The van der Waals surface area contributed by atoms with Gasteiger partial charge in [0.1, 0.15) is 18.1 Å². The standard InChI is InChI=1S/C20H27NO2/c1-5-17(4)23-19-8-6-7-18(14-19)21-9-10-22-20-12-15(2)11-16(3)13-20/h6-8,11-14,17,21H,5,9-10H2,1-4H3. The summed E-state index contributed by atoms with van der Waals surface area (Å²) < 4.78 is 11.6. The van der Waals surface area contributed by atoms with Crippen LogP contribution >= 0.6 is 0 Å². The van der Waals surface area contributed by atoms with Crippen LogP contribution in [-0.2, 0) is 0 Å². The molecule has 0 aliphatic heterocycles. The van der Waals surface area contributed by atoms with Crippen LogP contribution in [0.2, 0.25) is 0 Å². The Labute approximate surface area is 139 Å². The highest BCUT2D eigenvalue weighted by atomic mass is 16.5. The molecule has 2 aromatic rings. The Hall–Kier alpha value is -2.16. The van der Waals surface area contributed by atoms with Crippen LogP contribution in [0.3, 0.4) is 0 Å². The SMILES string of the molecule is CCC(C)Oc1cccc(NCCOc2cc(C)cc(C)c2)c1. The Balaban J connectivity index is 1.81. The summed E-state index contributed by atoms with van der Waals surface area (Å²) in [5.41, 5.74) is 3.50. The van der Waals surface area contributed by atoms with Crippen LogP contribution in [0, 0.1) is 13.8 Å². The largest absolute Gasteiger partial charge is 0.492 e. The first-order valence-electron chi connectivity index (χ1n) is 8.28. The minimum Gasteiger partial charge on any atom is -0.492 e. The van der Waals surface area contributed by atoms with E-state index in [0.717, 1.165) is 30.2 Å². The normalized spacial score (nSPS) is 11.8. The molecule has 0 saturated heterocycles. The minimum atomic E-state index is 0.234. The zero-order chi connectivity index (χ0) is 16.7. The molecule has 0 heterocycles. The second kappa shape index (κ2) is 8.47. The summed E-state index contributed by atoms with van der Waals surface area (Å²) in [7, 11) is 0. The highest BCUT2D eigenvalue weighted by molar-refractivity contribution is 5.48. The number of hydrogen-bond donors (Lipinski definition) is 1. The molecule has 0 spiro atoms. The molecule has 2 rings (SSSR count). The molecule has 23 heavy (non-hydrogen) atoms. The van der Waals surface area contributed by atoms with Crippen LogP contribution in [0.5, 0.6) is 11.5 Å². The van der Waals surface area contributed by atoms with E-state index in [-0.39, 0.29) is 6.10 Å². The second-order valence-corrected chi connectivity index (χ2v) is 5.96. The molecule has 124 valence electrons. The van der Waals surface area contributed by atoms with Gasteiger partial charge in [-0.3, -0.25) is 0 Å². The van der Waals surface area contributed by atoms with Crippen molar-refractivity contribution in [3.8, 4) is 11.5 Å². The number of nitrogens with one attached hydrogen (secondary N) is 1. The van der Waals surface area contributed by atoms with Crippen LogP contribution in [-0.4, -0.2) is 19.3 Å². The molecular weight excluding hydrogens is 286 g/mol. The van der Waals surface area contributed by atoms with E-state index < -0.39 is 0 Å². The number of rotatable bonds is 8. The number of benzene rings is 2. The van der Waals surface area contributed by atoms with E-state index in [0.29, 0.717) is 6.61 Å². The molecule has 0 bridgehead atoms. The van der Waals surface area contributed by atoms with E-state index >= 15 is 0 Å². The smallest absolute Gasteiger partial charge is 0.121 e. The van der Waals surface area contributed by atoms with Gasteiger partial charge < -0.3 is 14.8 Å². The molecule has 3 nitrogen and oxygen atoms in total. The number of aryl methyl sites for hydroxylation is 2. The van der Waals surface area contributed by atoms with Crippen molar-refractivity contribution in [3.63, 3.8) is 0 Å². The minimum absolute atomic E-state index is 0.234. The average molecular weight is 313 g/mol. The molecular formula is C20H27NO2. The van der Waals surface area contributed by atoms with Crippen LogP contribution in [0.1, 0.15) is 31.4 Å². The van der Waals surface area contributed by atoms with Crippen molar-refractivity contribution in [2.24, 2.45) is 0 Å². The van der Waals surface area contributed by atoms with Gasteiger partial charge in [0.05, 0.1) is 6.10 Å². The van der Waals surface area contributed by atoms with Gasteiger partial charge in [0, 0.05) is 18.3 Å². The van der Waals surface area contributed by atoms with Crippen molar-refractivity contribution in [2.45, 2.75) is 40.2 Å². The molecule has 0 aliphatic rings. The van der Waals surface area contributed by atoms with E-state index in [1.807, 2.05) is 24.3 Å². The van der Waals surface area contributed by atoms with E-state index in [4.69, 9.17) is 9.47 Å². The highest BCUT2D eigenvalue weighted by Gasteiger charge is 2.02. The maximum absolute atomic E-state index is 5.83. The van der Waals surface area contributed by atoms with Crippen molar-refractivity contribution in [3.05, 3.63) is 53.6 Å². The van der Waals surface area contributed by atoms with Crippen molar-refractivity contribution < 1.29 is 9.47 Å². The fourth-order valence-corrected chi connectivity index (χ4v) is 2.38. The molecule has 3 heteroatoms. The average Bonchev–Trinajstić information content (AvgIpc) is 2.51. The summed E-state index contributed by atoms with van der Waals surface area (Å²) in [6.07, 6.45) is 1.24. The fraction of sp³-hybridized carbons (Fsp3) is 0.400. The maximum Gasteiger partial charge on any atom is 0.121 e. The second-order valence-electron chi connectivity index (χ2n) is 5.96. The van der Waals surface area contributed by atoms with Crippen molar-refractivity contribution in [1.29, 1.82) is 0 Å². The van der Waals surface area contributed by atoms with E-state index in [2.05, 4.69) is 51.2 Å². The fourth-order valence-electron chi connectivity index (χ4n) is 2.38. The highest BCUT2D eigenvalue weighted by Crippen LogP contribution is 2.19. The molecule has 1 unspecified atom stereocenters. The molecule has 0 fully saturated rings. The lowest BCUT2D eigenvalue weighted by Crippen LogP contribution is -2.12. The molecule has 2 aromatic carbocycles. The predicted molar refractivity (Wildman–Crippen MR) is 96.7 cm³/mol. The molecule has 1 N–H and O–H groups in total. The monoisotopic (exact) mass is 313 g/mol. The first-order valence-corrected chi connectivity index (χ1v) is 8.28.